The molecule has 0 fully saturated rings. The topological polar surface area (TPSA) is 42.0 Å². The lowest BCUT2D eigenvalue weighted by molar-refractivity contribution is 0.102. The first kappa shape index (κ1) is 13.3. The Balaban J connectivity index is 2.19. The van der Waals surface area contributed by atoms with Crippen molar-refractivity contribution in [2.75, 3.05) is 5.32 Å². The Kier molecular flexibility index (Phi) is 4.22. The molecule has 0 radical (unpaired) electrons. The number of halogens is 3. The van der Waals surface area contributed by atoms with Crippen molar-refractivity contribution < 1.29 is 4.79 Å². The molecule has 0 aliphatic heterocycles. The van der Waals surface area contributed by atoms with Crippen molar-refractivity contribution in [2.45, 2.75) is 0 Å². The summed E-state index contributed by atoms with van der Waals surface area (Å²) in [6.45, 7) is 0. The zero-order chi connectivity index (χ0) is 13.1. The minimum Gasteiger partial charge on any atom is -0.307 e. The van der Waals surface area contributed by atoms with Crippen LogP contribution in [-0.4, -0.2) is 10.9 Å². The van der Waals surface area contributed by atoms with Crippen LogP contribution in [0.2, 0.25) is 10.0 Å². The van der Waals surface area contributed by atoms with Crippen LogP contribution in [0.5, 0.6) is 0 Å². The fourth-order valence-electron chi connectivity index (χ4n) is 1.31. The third kappa shape index (κ3) is 3.22. The summed E-state index contributed by atoms with van der Waals surface area (Å²) in [5.74, 6) is 0.166. The first-order valence-electron chi connectivity index (χ1n) is 4.94. The SMILES string of the molecule is O=C(Nc1ccc(Cl)cn1)c1ccc(Cl)cc1Br. The number of anilines is 1. The van der Waals surface area contributed by atoms with E-state index in [-0.39, 0.29) is 5.91 Å². The van der Waals surface area contributed by atoms with E-state index in [2.05, 4.69) is 26.2 Å². The molecule has 1 amide bonds. The van der Waals surface area contributed by atoms with Gasteiger partial charge >= 0.3 is 0 Å². The lowest BCUT2D eigenvalue weighted by Crippen LogP contribution is -2.13. The van der Waals surface area contributed by atoms with Gasteiger partial charge in [0.05, 0.1) is 10.6 Å². The van der Waals surface area contributed by atoms with Crippen LogP contribution in [0.4, 0.5) is 5.82 Å². The van der Waals surface area contributed by atoms with E-state index in [9.17, 15) is 4.79 Å². The molecule has 1 aromatic carbocycles. The molecule has 0 saturated carbocycles. The minimum absolute atomic E-state index is 0.270. The van der Waals surface area contributed by atoms with Crippen LogP contribution in [-0.2, 0) is 0 Å². The Labute approximate surface area is 122 Å². The average molecular weight is 346 g/mol. The molecule has 0 saturated heterocycles. The number of hydrogen-bond acceptors (Lipinski definition) is 2. The number of nitrogens with one attached hydrogen (secondary N) is 1. The van der Waals surface area contributed by atoms with Gasteiger partial charge in [0.15, 0.2) is 0 Å². The molecule has 92 valence electrons. The Hall–Kier alpha value is -1.10. The maximum atomic E-state index is 12.0. The lowest BCUT2D eigenvalue weighted by Gasteiger charge is -2.06. The zero-order valence-corrected chi connectivity index (χ0v) is 12.1. The van der Waals surface area contributed by atoms with Crippen LogP contribution in [0, 0.1) is 0 Å². The predicted octanol–water partition coefficient (Wildman–Crippen LogP) is 4.40. The normalized spacial score (nSPS) is 10.2. The van der Waals surface area contributed by atoms with Crippen molar-refractivity contribution in [3.63, 3.8) is 0 Å². The summed E-state index contributed by atoms with van der Waals surface area (Å²) < 4.78 is 0.626. The highest BCUT2D eigenvalue weighted by Gasteiger charge is 2.10. The van der Waals surface area contributed by atoms with E-state index in [1.807, 2.05) is 0 Å². The maximum absolute atomic E-state index is 12.0. The summed E-state index contributed by atoms with van der Waals surface area (Å²) in [7, 11) is 0. The number of pyridine rings is 1. The predicted molar refractivity (Wildman–Crippen MR) is 76.4 cm³/mol. The van der Waals surface area contributed by atoms with E-state index in [1.54, 1.807) is 30.3 Å². The first-order valence-corrected chi connectivity index (χ1v) is 6.49. The number of carbonyl (C=O) groups is 1. The Morgan fingerprint density at radius 2 is 1.89 bits per heavy atom. The molecular weight excluding hydrogens is 339 g/mol. The molecule has 0 aliphatic rings. The fourth-order valence-corrected chi connectivity index (χ4v) is 2.28. The van der Waals surface area contributed by atoms with Crippen molar-refractivity contribution in [1.29, 1.82) is 0 Å². The van der Waals surface area contributed by atoms with Gasteiger partial charge in [0.2, 0.25) is 0 Å². The summed E-state index contributed by atoms with van der Waals surface area (Å²) in [6.07, 6.45) is 1.47. The maximum Gasteiger partial charge on any atom is 0.257 e. The van der Waals surface area contributed by atoms with Gasteiger partial charge in [0, 0.05) is 15.7 Å². The van der Waals surface area contributed by atoms with Gasteiger partial charge < -0.3 is 5.32 Å². The minimum atomic E-state index is -0.270. The molecular formula is C12H7BrCl2N2O. The van der Waals surface area contributed by atoms with Gasteiger partial charge in [-0.15, -0.1) is 0 Å². The van der Waals surface area contributed by atoms with E-state index in [4.69, 9.17) is 23.2 Å². The number of aromatic nitrogens is 1. The molecule has 18 heavy (non-hydrogen) atoms. The van der Waals surface area contributed by atoms with Gasteiger partial charge in [0.25, 0.3) is 5.91 Å². The van der Waals surface area contributed by atoms with Gasteiger partial charge in [-0.05, 0) is 46.3 Å². The van der Waals surface area contributed by atoms with E-state index in [0.29, 0.717) is 25.9 Å². The molecule has 6 heteroatoms. The van der Waals surface area contributed by atoms with Crippen molar-refractivity contribution in [2.24, 2.45) is 0 Å². The molecule has 3 nitrogen and oxygen atoms in total. The van der Waals surface area contributed by atoms with Crippen LogP contribution in [0.1, 0.15) is 10.4 Å². The monoisotopic (exact) mass is 344 g/mol. The van der Waals surface area contributed by atoms with E-state index < -0.39 is 0 Å². The molecule has 1 N–H and O–H groups in total. The summed E-state index contributed by atoms with van der Waals surface area (Å²) >= 11 is 14.8. The first-order chi connectivity index (χ1) is 8.56. The second-order valence-corrected chi connectivity index (χ2v) is 5.17. The largest absolute Gasteiger partial charge is 0.307 e. The van der Waals surface area contributed by atoms with Gasteiger partial charge in [-0.2, -0.15) is 0 Å². The molecule has 0 atom stereocenters. The number of carbonyl (C=O) groups excluding carboxylic acids is 1. The van der Waals surface area contributed by atoms with Crippen molar-refractivity contribution >= 4 is 50.9 Å². The standard InChI is InChI=1S/C12H7BrCl2N2O/c13-10-5-7(14)1-3-9(10)12(18)17-11-4-2-8(15)6-16-11/h1-6H,(H,16,17,18). The molecule has 1 aromatic heterocycles. The number of benzene rings is 1. The Morgan fingerprint density at radius 3 is 2.50 bits per heavy atom. The fraction of sp³-hybridized carbons (Fsp3) is 0. The highest BCUT2D eigenvalue weighted by Crippen LogP contribution is 2.22. The van der Waals surface area contributed by atoms with Crippen molar-refractivity contribution in [1.82, 2.24) is 4.98 Å². The molecule has 2 aromatic rings. The molecule has 2 rings (SSSR count). The summed E-state index contributed by atoms with van der Waals surface area (Å²) in [5.41, 5.74) is 0.483. The zero-order valence-electron chi connectivity index (χ0n) is 8.95. The Morgan fingerprint density at radius 1 is 1.17 bits per heavy atom. The third-order valence-electron chi connectivity index (χ3n) is 2.14. The molecule has 0 bridgehead atoms. The lowest BCUT2D eigenvalue weighted by atomic mass is 10.2. The Bertz CT molecular complexity index is 587. The molecule has 1 heterocycles. The second-order valence-electron chi connectivity index (χ2n) is 3.44. The van der Waals surface area contributed by atoms with Crippen LogP contribution in [0.15, 0.2) is 41.0 Å². The van der Waals surface area contributed by atoms with E-state index >= 15 is 0 Å². The number of rotatable bonds is 2. The van der Waals surface area contributed by atoms with Crippen LogP contribution >= 0.6 is 39.1 Å². The second kappa shape index (κ2) is 5.69. The van der Waals surface area contributed by atoms with Crippen molar-refractivity contribution in [3.8, 4) is 0 Å². The quantitative estimate of drug-likeness (QED) is 0.876. The van der Waals surface area contributed by atoms with Gasteiger partial charge in [-0.25, -0.2) is 4.98 Å². The van der Waals surface area contributed by atoms with Crippen molar-refractivity contribution in [3.05, 3.63) is 56.6 Å². The smallest absolute Gasteiger partial charge is 0.257 e. The average Bonchev–Trinajstić information content (AvgIpc) is 2.32. The molecule has 0 aliphatic carbocycles. The highest BCUT2D eigenvalue weighted by molar-refractivity contribution is 9.10. The molecule has 0 unspecified atom stereocenters. The van der Waals surface area contributed by atoms with Crippen LogP contribution < -0.4 is 5.32 Å². The number of nitrogens with zero attached hydrogens (tertiary/aromatic N) is 1. The van der Waals surface area contributed by atoms with Gasteiger partial charge in [-0.3, -0.25) is 4.79 Å². The third-order valence-corrected chi connectivity index (χ3v) is 3.26. The van der Waals surface area contributed by atoms with E-state index in [1.165, 1.54) is 6.20 Å². The van der Waals surface area contributed by atoms with Crippen LogP contribution in [0.25, 0.3) is 0 Å². The summed E-state index contributed by atoms with van der Waals surface area (Å²) in [5, 5.41) is 3.74. The van der Waals surface area contributed by atoms with Gasteiger partial charge in [0.1, 0.15) is 5.82 Å². The summed E-state index contributed by atoms with van der Waals surface area (Å²) in [6, 6.07) is 8.23. The van der Waals surface area contributed by atoms with Gasteiger partial charge in [-0.1, -0.05) is 23.2 Å². The number of amides is 1. The summed E-state index contributed by atoms with van der Waals surface area (Å²) in [4.78, 5) is 16.0. The highest BCUT2D eigenvalue weighted by atomic mass is 79.9. The number of hydrogen-bond donors (Lipinski definition) is 1. The molecule has 0 spiro atoms. The van der Waals surface area contributed by atoms with E-state index in [0.717, 1.165) is 0 Å². The van der Waals surface area contributed by atoms with Crippen LogP contribution in [0.3, 0.4) is 0 Å².